The number of fused-ring (bicyclic) bond motifs is 1. The lowest BCUT2D eigenvalue weighted by Crippen LogP contribution is -2.35. The fraction of sp³-hybridized carbons (Fsp3) is 0.240. The molecule has 0 saturated heterocycles. The van der Waals surface area contributed by atoms with Gasteiger partial charge < -0.3 is 15.4 Å². The lowest BCUT2D eigenvalue weighted by molar-refractivity contribution is -0.124. The minimum atomic E-state index is -0.666. The van der Waals surface area contributed by atoms with Crippen LogP contribution < -0.4 is 10.6 Å². The third kappa shape index (κ3) is 5.92. The van der Waals surface area contributed by atoms with Gasteiger partial charge in [-0.1, -0.05) is 61.5 Å². The number of benzene rings is 3. The summed E-state index contributed by atoms with van der Waals surface area (Å²) in [5.74, 6) is -1.27. The predicted octanol–water partition coefficient (Wildman–Crippen LogP) is 4.09. The number of esters is 1. The Labute approximate surface area is 181 Å². The molecule has 1 atom stereocenters. The number of carbonyl (C=O) groups excluding carboxylic acids is 3. The molecule has 0 aromatic heterocycles. The Kier molecular flexibility index (Phi) is 7.38. The van der Waals surface area contributed by atoms with Crippen LogP contribution in [0.25, 0.3) is 10.8 Å². The highest BCUT2D eigenvalue weighted by atomic mass is 16.5. The molecule has 2 amide bonds. The summed E-state index contributed by atoms with van der Waals surface area (Å²) >= 11 is 0. The van der Waals surface area contributed by atoms with Crippen LogP contribution in [0.3, 0.4) is 0 Å². The summed E-state index contributed by atoms with van der Waals surface area (Å²) in [6.45, 7) is 3.45. The van der Waals surface area contributed by atoms with Gasteiger partial charge in [-0.25, -0.2) is 4.79 Å². The van der Waals surface area contributed by atoms with Crippen LogP contribution in [0.15, 0.2) is 66.7 Å². The molecule has 0 aliphatic carbocycles. The predicted molar refractivity (Wildman–Crippen MR) is 121 cm³/mol. The third-order valence-corrected chi connectivity index (χ3v) is 5.01. The maximum atomic E-state index is 12.7. The van der Waals surface area contributed by atoms with Crippen LogP contribution in [0.5, 0.6) is 0 Å². The van der Waals surface area contributed by atoms with Gasteiger partial charge in [0.25, 0.3) is 5.91 Å². The van der Waals surface area contributed by atoms with Gasteiger partial charge in [-0.2, -0.15) is 0 Å². The van der Waals surface area contributed by atoms with Crippen LogP contribution in [0.1, 0.15) is 36.2 Å². The number of ether oxygens (including phenoxy) is 1. The van der Waals surface area contributed by atoms with Gasteiger partial charge in [0.15, 0.2) is 6.61 Å². The van der Waals surface area contributed by atoms with E-state index in [0.717, 1.165) is 22.8 Å². The molecule has 2 N–H and O–H groups in total. The number of nitrogens with one attached hydrogen (secondary N) is 2. The average Bonchev–Trinajstić information content (AvgIpc) is 2.78. The van der Waals surface area contributed by atoms with Crippen molar-refractivity contribution in [3.05, 3.63) is 77.9 Å². The molecule has 6 heteroatoms. The summed E-state index contributed by atoms with van der Waals surface area (Å²) in [5, 5.41) is 7.61. The van der Waals surface area contributed by atoms with Gasteiger partial charge in [0, 0.05) is 6.04 Å². The molecule has 0 spiro atoms. The summed E-state index contributed by atoms with van der Waals surface area (Å²) in [5.41, 5.74) is 1.45. The molecule has 3 aromatic rings. The van der Waals surface area contributed by atoms with Crippen molar-refractivity contribution >= 4 is 34.2 Å². The van der Waals surface area contributed by atoms with E-state index in [4.69, 9.17) is 4.74 Å². The second kappa shape index (κ2) is 10.4. The van der Waals surface area contributed by atoms with Crippen molar-refractivity contribution in [2.75, 3.05) is 11.9 Å². The highest BCUT2D eigenvalue weighted by molar-refractivity contribution is 6.03. The van der Waals surface area contributed by atoms with E-state index in [1.807, 2.05) is 56.3 Å². The summed E-state index contributed by atoms with van der Waals surface area (Å²) in [4.78, 5) is 37.0. The molecule has 0 aliphatic rings. The minimum Gasteiger partial charge on any atom is -0.452 e. The largest absolute Gasteiger partial charge is 0.452 e. The summed E-state index contributed by atoms with van der Waals surface area (Å²) in [7, 11) is 0. The molecule has 6 nitrogen and oxygen atoms in total. The molecule has 0 bridgehead atoms. The molecule has 0 saturated carbocycles. The zero-order valence-electron chi connectivity index (χ0n) is 17.7. The quantitative estimate of drug-likeness (QED) is 0.540. The Morgan fingerprint density at radius 3 is 2.42 bits per heavy atom. The van der Waals surface area contributed by atoms with Crippen LogP contribution >= 0.6 is 0 Å². The first-order chi connectivity index (χ1) is 15.0. The van der Waals surface area contributed by atoms with Gasteiger partial charge in [0.1, 0.15) is 0 Å². The van der Waals surface area contributed by atoms with Crippen LogP contribution in [0.2, 0.25) is 0 Å². The lowest BCUT2D eigenvalue weighted by Gasteiger charge is -2.13. The molecule has 0 aliphatic heterocycles. The van der Waals surface area contributed by atoms with E-state index in [1.165, 1.54) is 0 Å². The molecule has 0 radical (unpaired) electrons. The summed E-state index contributed by atoms with van der Waals surface area (Å²) in [6.07, 6.45) is 0.952. The highest BCUT2D eigenvalue weighted by Crippen LogP contribution is 2.21. The van der Waals surface area contributed by atoms with Crippen molar-refractivity contribution in [1.82, 2.24) is 5.32 Å². The standard InChI is InChI=1S/C25H26N2O4/c1-3-17(2)26-24(29)16-31-25(30)21-13-6-7-14-22(21)27-23(28)15-19-11-8-10-18-9-4-5-12-20(18)19/h4-14,17H,3,15-16H2,1-2H3,(H,26,29)(H,27,28)/t17-/m1/s1. The van der Waals surface area contributed by atoms with E-state index in [1.54, 1.807) is 24.3 Å². The Hall–Kier alpha value is -3.67. The Balaban J connectivity index is 1.66. The Morgan fingerprint density at radius 1 is 0.903 bits per heavy atom. The average molecular weight is 418 g/mol. The first kappa shape index (κ1) is 22.0. The van der Waals surface area contributed by atoms with Crippen molar-refractivity contribution in [3.63, 3.8) is 0 Å². The molecular formula is C25H26N2O4. The molecule has 3 rings (SSSR count). The molecule has 0 unspecified atom stereocenters. The number of rotatable bonds is 8. The van der Waals surface area contributed by atoms with Gasteiger partial charge in [0.2, 0.25) is 5.91 Å². The smallest absolute Gasteiger partial charge is 0.340 e. The summed E-state index contributed by atoms with van der Waals surface area (Å²) in [6, 6.07) is 20.3. The fourth-order valence-electron chi connectivity index (χ4n) is 3.21. The number of amides is 2. The van der Waals surface area contributed by atoms with E-state index >= 15 is 0 Å². The van der Waals surface area contributed by atoms with E-state index in [-0.39, 0.29) is 36.4 Å². The second-order valence-electron chi connectivity index (χ2n) is 7.36. The van der Waals surface area contributed by atoms with Crippen LogP contribution in [0.4, 0.5) is 5.69 Å². The van der Waals surface area contributed by atoms with E-state index in [0.29, 0.717) is 5.69 Å². The minimum absolute atomic E-state index is 0.00634. The van der Waals surface area contributed by atoms with E-state index in [2.05, 4.69) is 10.6 Å². The van der Waals surface area contributed by atoms with Crippen molar-refractivity contribution < 1.29 is 19.1 Å². The summed E-state index contributed by atoms with van der Waals surface area (Å²) < 4.78 is 5.13. The number of hydrogen-bond acceptors (Lipinski definition) is 4. The van der Waals surface area contributed by atoms with E-state index < -0.39 is 5.97 Å². The second-order valence-corrected chi connectivity index (χ2v) is 7.36. The first-order valence-electron chi connectivity index (χ1n) is 10.3. The van der Waals surface area contributed by atoms with Gasteiger partial charge in [0.05, 0.1) is 17.7 Å². The molecular weight excluding hydrogens is 392 g/mol. The normalized spacial score (nSPS) is 11.5. The zero-order chi connectivity index (χ0) is 22.2. The molecule has 160 valence electrons. The topological polar surface area (TPSA) is 84.5 Å². The van der Waals surface area contributed by atoms with Gasteiger partial charge in [-0.3, -0.25) is 9.59 Å². The van der Waals surface area contributed by atoms with Gasteiger partial charge >= 0.3 is 5.97 Å². The van der Waals surface area contributed by atoms with Crippen molar-refractivity contribution in [2.45, 2.75) is 32.7 Å². The number of hydrogen-bond donors (Lipinski definition) is 2. The first-order valence-corrected chi connectivity index (χ1v) is 10.3. The van der Waals surface area contributed by atoms with Crippen molar-refractivity contribution in [3.8, 4) is 0 Å². The lowest BCUT2D eigenvalue weighted by atomic mass is 10.0. The number of para-hydroxylation sites is 1. The monoisotopic (exact) mass is 418 g/mol. The highest BCUT2D eigenvalue weighted by Gasteiger charge is 2.17. The maximum absolute atomic E-state index is 12.7. The van der Waals surface area contributed by atoms with Crippen LogP contribution in [-0.4, -0.2) is 30.4 Å². The molecule has 0 heterocycles. The van der Waals surface area contributed by atoms with Crippen LogP contribution in [-0.2, 0) is 20.7 Å². The number of anilines is 1. The molecule has 0 fully saturated rings. The van der Waals surface area contributed by atoms with Crippen molar-refractivity contribution in [1.29, 1.82) is 0 Å². The van der Waals surface area contributed by atoms with Crippen molar-refractivity contribution in [2.24, 2.45) is 0 Å². The molecule has 3 aromatic carbocycles. The fourth-order valence-corrected chi connectivity index (χ4v) is 3.21. The SMILES string of the molecule is CC[C@@H](C)NC(=O)COC(=O)c1ccccc1NC(=O)Cc1cccc2ccccc12. The third-order valence-electron chi connectivity index (χ3n) is 5.01. The maximum Gasteiger partial charge on any atom is 0.340 e. The van der Waals surface area contributed by atoms with Crippen LogP contribution in [0, 0.1) is 0 Å². The molecule has 31 heavy (non-hydrogen) atoms. The van der Waals surface area contributed by atoms with Gasteiger partial charge in [-0.05, 0) is 41.8 Å². The van der Waals surface area contributed by atoms with Gasteiger partial charge in [-0.15, -0.1) is 0 Å². The van der Waals surface area contributed by atoms with E-state index in [9.17, 15) is 14.4 Å². The number of carbonyl (C=O) groups is 3. The zero-order valence-corrected chi connectivity index (χ0v) is 17.7. The Morgan fingerprint density at radius 2 is 1.61 bits per heavy atom. The Bertz CT molecular complexity index is 1090.